The van der Waals surface area contributed by atoms with Crippen molar-refractivity contribution in [2.75, 3.05) is 0 Å². The molecule has 1 aromatic carbocycles. The lowest BCUT2D eigenvalue weighted by Gasteiger charge is -2.11. The van der Waals surface area contributed by atoms with Crippen LogP contribution in [0.3, 0.4) is 0 Å². The molecule has 3 aromatic rings. The Morgan fingerprint density at radius 2 is 1.92 bits per heavy atom. The van der Waals surface area contributed by atoms with Crippen LogP contribution in [0, 0.1) is 0 Å². The Kier molecular flexibility index (Phi) is 4.26. The smallest absolute Gasteiger partial charge is 0.229 e. The fourth-order valence-electron chi connectivity index (χ4n) is 2.81. The standard InChI is InChI=1S/C19H22N4O2S/c1-19(2,3)17-22-21-16(25-17)12-26(24)18-20-11-15(23(18)14-9-10-14)13-7-5-4-6-8-13/h4-8,11,14H,9-10,12H2,1-3H3/t26-/m1/s1. The molecule has 0 unspecified atom stereocenters. The van der Waals surface area contributed by atoms with Gasteiger partial charge in [-0.1, -0.05) is 51.1 Å². The summed E-state index contributed by atoms with van der Waals surface area (Å²) in [5.74, 6) is 1.13. The topological polar surface area (TPSA) is 73.8 Å². The first kappa shape index (κ1) is 17.1. The molecule has 2 heterocycles. The monoisotopic (exact) mass is 370 g/mol. The number of aromatic nitrogens is 4. The van der Waals surface area contributed by atoms with E-state index in [1.807, 2.05) is 45.2 Å². The molecule has 0 spiro atoms. The highest BCUT2D eigenvalue weighted by molar-refractivity contribution is 7.84. The van der Waals surface area contributed by atoms with Crippen LogP contribution in [0.5, 0.6) is 0 Å². The van der Waals surface area contributed by atoms with Gasteiger partial charge in [-0.15, -0.1) is 10.2 Å². The van der Waals surface area contributed by atoms with E-state index in [0.717, 1.165) is 24.1 Å². The van der Waals surface area contributed by atoms with Crippen LogP contribution in [-0.2, 0) is 22.0 Å². The number of benzene rings is 1. The van der Waals surface area contributed by atoms with Crippen molar-refractivity contribution < 1.29 is 8.63 Å². The van der Waals surface area contributed by atoms with Gasteiger partial charge in [0.25, 0.3) is 0 Å². The minimum Gasteiger partial charge on any atom is -0.424 e. The van der Waals surface area contributed by atoms with E-state index < -0.39 is 10.8 Å². The Morgan fingerprint density at radius 3 is 2.54 bits per heavy atom. The van der Waals surface area contributed by atoms with Crippen LogP contribution in [0.15, 0.2) is 46.1 Å². The first-order valence-electron chi connectivity index (χ1n) is 8.77. The molecule has 0 saturated heterocycles. The predicted molar refractivity (Wildman–Crippen MR) is 99.0 cm³/mol. The largest absolute Gasteiger partial charge is 0.424 e. The summed E-state index contributed by atoms with van der Waals surface area (Å²) in [5, 5.41) is 8.72. The molecule has 0 bridgehead atoms. The highest BCUT2D eigenvalue weighted by Gasteiger charge is 2.31. The number of rotatable bonds is 5. The van der Waals surface area contributed by atoms with E-state index in [1.165, 1.54) is 0 Å². The fraction of sp³-hybridized carbons (Fsp3) is 0.421. The highest BCUT2D eigenvalue weighted by atomic mass is 32.2. The molecule has 1 aliphatic rings. The first-order chi connectivity index (χ1) is 12.4. The Hall–Kier alpha value is -2.28. The summed E-state index contributed by atoms with van der Waals surface area (Å²) in [6.45, 7) is 6.02. The Labute approximate surface area is 155 Å². The summed E-state index contributed by atoms with van der Waals surface area (Å²) in [6, 6.07) is 10.5. The minimum absolute atomic E-state index is 0.182. The average molecular weight is 370 g/mol. The molecule has 26 heavy (non-hydrogen) atoms. The normalized spacial score (nSPS) is 16.0. The van der Waals surface area contributed by atoms with Crippen LogP contribution in [0.25, 0.3) is 11.3 Å². The lowest BCUT2D eigenvalue weighted by Crippen LogP contribution is -2.11. The lowest BCUT2D eigenvalue weighted by molar-refractivity contribution is 0.378. The van der Waals surface area contributed by atoms with Gasteiger partial charge in [-0.3, -0.25) is 4.21 Å². The third-order valence-electron chi connectivity index (χ3n) is 4.31. The van der Waals surface area contributed by atoms with Crippen LogP contribution in [0.4, 0.5) is 0 Å². The Balaban J connectivity index is 1.62. The maximum Gasteiger partial charge on any atom is 0.229 e. The summed E-state index contributed by atoms with van der Waals surface area (Å²) in [4.78, 5) is 4.48. The van der Waals surface area contributed by atoms with E-state index in [-0.39, 0.29) is 11.2 Å². The average Bonchev–Trinajstić information content (AvgIpc) is 3.16. The van der Waals surface area contributed by atoms with Gasteiger partial charge >= 0.3 is 0 Å². The maximum atomic E-state index is 13.0. The second-order valence-electron chi connectivity index (χ2n) is 7.63. The summed E-state index contributed by atoms with van der Waals surface area (Å²) in [6.07, 6.45) is 4.00. The van der Waals surface area contributed by atoms with Gasteiger partial charge in [0.2, 0.25) is 11.8 Å². The van der Waals surface area contributed by atoms with E-state index >= 15 is 0 Å². The summed E-state index contributed by atoms with van der Waals surface area (Å²) in [7, 11) is -1.34. The van der Waals surface area contributed by atoms with Crippen molar-refractivity contribution in [1.29, 1.82) is 0 Å². The summed E-state index contributed by atoms with van der Waals surface area (Å²) < 4.78 is 20.8. The summed E-state index contributed by atoms with van der Waals surface area (Å²) in [5.41, 5.74) is 1.87. The number of imidazole rings is 1. The van der Waals surface area contributed by atoms with Crippen molar-refractivity contribution in [2.24, 2.45) is 0 Å². The van der Waals surface area contributed by atoms with Gasteiger partial charge in [-0.2, -0.15) is 0 Å². The molecular weight excluding hydrogens is 348 g/mol. The van der Waals surface area contributed by atoms with Crippen molar-refractivity contribution in [3.8, 4) is 11.3 Å². The predicted octanol–water partition coefficient (Wildman–Crippen LogP) is 3.87. The molecule has 2 aromatic heterocycles. The molecule has 1 saturated carbocycles. The van der Waals surface area contributed by atoms with Gasteiger partial charge in [0.1, 0.15) is 5.75 Å². The highest BCUT2D eigenvalue weighted by Crippen LogP contribution is 2.40. The fourth-order valence-corrected chi connectivity index (χ4v) is 3.92. The molecule has 0 N–H and O–H groups in total. The van der Waals surface area contributed by atoms with E-state index in [1.54, 1.807) is 0 Å². The van der Waals surface area contributed by atoms with Gasteiger partial charge in [0.05, 0.1) is 22.7 Å². The molecule has 4 rings (SSSR count). The molecule has 136 valence electrons. The van der Waals surface area contributed by atoms with Crippen LogP contribution in [0.1, 0.15) is 51.4 Å². The van der Waals surface area contributed by atoms with Gasteiger partial charge in [-0.05, 0) is 18.4 Å². The van der Waals surface area contributed by atoms with Crippen LogP contribution < -0.4 is 0 Å². The third-order valence-corrected chi connectivity index (χ3v) is 5.53. The molecule has 0 aliphatic heterocycles. The van der Waals surface area contributed by atoms with Gasteiger partial charge in [0, 0.05) is 11.5 Å². The summed E-state index contributed by atoms with van der Waals surface area (Å²) >= 11 is 0. The second kappa shape index (κ2) is 6.46. The van der Waals surface area contributed by atoms with Crippen molar-refractivity contribution in [1.82, 2.24) is 19.7 Å². The maximum absolute atomic E-state index is 13.0. The van der Waals surface area contributed by atoms with E-state index in [0.29, 0.717) is 23.0 Å². The Morgan fingerprint density at radius 1 is 1.19 bits per heavy atom. The Bertz CT molecular complexity index is 936. The van der Waals surface area contributed by atoms with Crippen molar-refractivity contribution >= 4 is 10.8 Å². The van der Waals surface area contributed by atoms with Crippen molar-refractivity contribution in [3.63, 3.8) is 0 Å². The van der Waals surface area contributed by atoms with E-state index in [9.17, 15) is 4.21 Å². The van der Waals surface area contributed by atoms with Crippen molar-refractivity contribution in [2.45, 2.75) is 56.0 Å². The van der Waals surface area contributed by atoms with Crippen molar-refractivity contribution in [3.05, 3.63) is 48.3 Å². The van der Waals surface area contributed by atoms with Gasteiger partial charge in [0.15, 0.2) is 5.16 Å². The second-order valence-corrected chi connectivity index (χ2v) is 8.98. The molecule has 1 atom stereocenters. The van der Waals surface area contributed by atoms with E-state index in [2.05, 4.69) is 31.9 Å². The third kappa shape index (κ3) is 3.35. The molecule has 1 aliphatic carbocycles. The first-order valence-corrected chi connectivity index (χ1v) is 10.1. The lowest BCUT2D eigenvalue weighted by atomic mass is 9.97. The van der Waals surface area contributed by atoms with Crippen LogP contribution in [-0.4, -0.2) is 24.0 Å². The van der Waals surface area contributed by atoms with Gasteiger partial charge in [-0.25, -0.2) is 4.98 Å². The van der Waals surface area contributed by atoms with Gasteiger partial charge < -0.3 is 8.98 Å². The molecular formula is C19H22N4O2S. The quantitative estimate of drug-likeness (QED) is 0.681. The molecule has 0 radical (unpaired) electrons. The molecule has 0 amide bonds. The number of nitrogens with zero attached hydrogens (tertiary/aromatic N) is 4. The zero-order valence-electron chi connectivity index (χ0n) is 15.2. The molecule has 6 nitrogen and oxygen atoms in total. The van der Waals surface area contributed by atoms with Crippen LogP contribution in [0.2, 0.25) is 0 Å². The van der Waals surface area contributed by atoms with E-state index in [4.69, 9.17) is 4.42 Å². The zero-order valence-corrected chi connectivity index (χ0v) is 16.0. The number of hydrogen-bond acceptors (Lipinski definition) is 5. The molecule has 1 fully saturated rings. The minimum atomic E-state index is -1.34. The molecule has 7 heteroatoms. The zero-order chi connectivity index (χ0) is 18.3. The SMILES string of the molecule is CC(C)(C)c1nnc(C[S@@](=O)c2ncc(-c3ccccc3)n2C2CC2)o1. The number of hydrogen-bond donors (Lipinski definition) is 0. The van der Waals surface area contributed by atoms with Crippen LogP contribution >= 0.6 is 0 Å².